The Morgan fingerprint density at radius 1 is 1.08 bits per heavy atom. The van der Waals surface area contributed by atoms with E-state index in [2.05, 4.69) is 5.10 Å². The second kappa shape index (κ2) is 6.75. The molecule has 1 aliphatic rings. The van der Waals surface area contributed by atoms with Crippen LogP contribution in [0.2, 0.25) is 0 Å². The summed E-state index contributed by atoms with van der Waals surface area (Å²) in [4.78, 5) is 14.9. The number of likely N-dealkylation sites (tertiary alicyclic amines) is 1. The Kier molecular flexibility index (Phi) is 4.29. The normalized spacial score (nSPS) is 16.8. The maximum Gasteiger partial charge on any atom is 0.254 e. The summed E-state index contributed by atoms with van der Waals surface area (Å²) in [6.07, 6.45) is 3.62. The Morgan fingerprint density at radius 3 is 2.46 bits per heavy atom. The van der Waals surface area contributed by atoms with E-state index in [1.165, 1.54) is 12.1 Å². The minimum Gasteiger partial charge on any atom is -0.332 e. The Bertz CT molecular complexity index is 915. The Balaban J connectivity index is 1.56. The van der Waals surface area contributed by atoms with E-state index in [1.54, 1.807) is 18.3 Å². The molecule has 0 spiro atoms. The minimum atomic E-state index is -0.255. The van der Waals surface area contributed by atoms with Crippen molar-refractivity contribution in [2.45, 2.75) is 25.8 Å². The van der Waals surface area contributed by atoms with Crippen LogP contribution in [0.1, 0.15) is 40.5 Å². The van der Waals surface area contributed by atoms with E-state index in [0.29, 0.717) is 5.56 Å². The largest absolute Gasteiger partial charge is 0.332 e. The molecule has 4 nitrogen and oxygen atoms in total. The number of hydrogen-bond donors (Lipinski definition) is 0. The zero-order valence-corrected chi connectivity index (χ0v) is 14.6. The Hall–Kier alpha value is -2.95. The van der Waals surface area contributed by atoms with Gasteiger partial charge in [0.15, 0.2) is 0 Å². The second-order valence-corrected chi connectivity index (χ2v) is 6.64. The standard InChI is InChI=1S/C21H20FN3O/c1-15-12-13-23-25(15)19-10-6-17(7-11-19)21(26)24-14-2-3-20(24)16-4-8-18(22)9-5-16/h4-13,20H,2-3,14H2,1H3/t20-/m1/s1. The molecule has 0 unspecified atom stereocenters. The van der Waals surface area contributed by atoms with Gasteiger partial charge in [-0.05, 0) is 67.8 Å². The van der Waals surface area contributed by atoms with Crippen molar-refractivity contribution in [2.24, 2.45) is 0 Å². The van der Waals surface area contributed by atoms with Gasteiger partial charge in [0.1, 0.15) is 5.82 Å². The highest BCUT2D eigenvalue weighted by Crippen LogP contribution is 2.33. The van der Waals surface area contributed by atoms with E-state index in [9.17, 15) is 9.18 Å². The fraction of sp³-hybridized carbons (Fsp3) is 0.238. The smallest absolute Gasteiger partial charge is 0.254 e. The molecule has 0 N–H and O–H groups in total. The molecular formula is C21H20FN3O. The summed E-state index contributed by atoms with van der Waals surface area (Å²) >= 11 is 0. The van der Waals surface area contributed by atoms with Crippen LogP contribution in [0.15, 0.2) is 60.8 Å². The monoisotopic (exact) mass is 349 g/mol. The van der Waals surface area contributed by atoms with Crippen molar-refractivity contribution < 1.29 is 9.18 Å². The molecule has 2 aromatic carbocycles. The molecule has 132 valence electrons. The van der Waals surface area contributed by atoms with E-state index in [-0.39, 0.29) is 17.8 Å². The molecule has 1 amide bonds. The Labute approximate surface area is 151 Å². The predicted molar refractivity (Wildman–Crippen MR) is 97.7 cm³/mol. The lowest BCUT2D eigenvalue weighted by atomic mass is 10.0. The maximum absolute atomic E-state index is 13.2. The minimum absolute atomic E-state index is 0.0103. The quantitative estimate of drug-likeness (QED) is 0.707. The molecule has 0 saturated carbocycles. The number of carbonyl (C=O) groups is 1. The van der Waals surface area contributed by atoms with Crippen LogP contribution in [0.25, 0.3) is 5.69 Å². The summed E-state index contributed by atoms with van der Waals surface area (Å²) in [5, 5.41) is 4.29. The molecule has 0 radical (unpaired) electrons. The van der Waals surface area contributed by atoms with Crippen molar-refractivity contribution in [3.63, 3.8) is 0 Å². The Morgan fingerprint density at radius 2 is 1.81 bits per heavy atom. The van der Waals surface area contributed by atoms with Gasteiger partial charge in [-0.25, -0.2) is 9.07 Å². The van der Waals surface area contributed by atoms with Gasteiger partial charge in [-0.1, -0.05) is 12.1 Å². The molecule has 1 fully saturated rings. The molecule has 3 aromatic rings. The highest BCUT2D eigenvalue weighted by atomic mass is 19.1. The lowest BCUT2D eigenvalue weighted by Crippen LogP contribution is -2.30. The van der Waals surface area contributed by atoms with Crippen LogP contribution in [0.3, 0.4) is 0 Å². The summed E-state index contributed by atoms with van der Waals surface area (Å²) in [5.74, 6) is -0.241. The van der Waals surface area contributed by atoms with Crippen molar-refractivity contribution in [1.82, 2.24) is 14.7 Å². The third kappa shape index (κ3) is 3.01. The molecule has 26 heavy (non-hydrogen) atoms. The number of hydrogen-bond acceptors (Lipinski definition) is 2. The van der Waals surface area contributed by atoms with Crippen LogP contribution in [0.5, 0.6) is 0 Å². The van der Waals surface area contributed by atoms with Crippen molar-refractivity contribution in [1.29, 1.82) is 0 Å². The van der Waals surface area contributed by atoms with Gasteiger partial charge in [0, 0.05) is 24.0 Å². The van der Waals surface area contributed by atoms with Gasteiger partial charge in [-0.2, -0.15) is 5.10 Å². The molecular weight excluding hydrogens is 329 g/mol. The van der Waals surface area contributed by atoms with Crippen molar-refractivity contribution in [2.75, 3.05) is 6.54 Å². The molecule has 1 aromatic heterocycles. The SMILES string of the molecule is Cc1ccnn1-c1ccc(C(=O)N2CCC[C@@H]2c2ccc(F)cc2)cc1. The van der Waals surface area contributed by atoms with Gasteiger partial charge in [0.25, 0.3) is 5.91 Å². The van der Waals surface area contributed by atoms with E-state index in [0.717, 1.165) is 36.3 Å². The highest BCUT2D eigenvalue weighted by Gasteiger charge is 2.30. The first kappa shape index (κ1) is 16.5. The van der Waals surface area contributed by atoms with E-state index in [1.807, 2.05) is 46.8 Å². The fourth-order valence-corrected chi connectivity index (χ4v) is 3.59. The van der Waals surface area contributed by atoms with E-state index < -0.39 is 0 Å². The van der Waals surface area contributed by atoms with Crippen LogP contribution in [-0.4, -0.2) is 27.1 Å². The van der Waals surface area contributed by atoms with Gasteiger partial charge >= 0.3 is 0 Å². The summed E-state index contributed by atoms with van der Waals surface area (Å²) in [7, 11) is 0. The zero-order chi connectivity index (χ0) is 18.1. The first-order valence-corrected chi connectivity index (χ1v) is 8.81. The van der Waals surface area contributed by atoms with Gasteiger partial charge in [-0.15, -0.1) is 0 Å². The average Bonchev–Trinajstić information content (AvgIpc) is 3.31. The summed E-state index contributed by atoms with van der Waals surface area (Å²) in [6.45, 7) is 2.71. The molecule has 2 heterocycles. The van der Waals surface area contributed by atoms with Gasteiger partial charge in [0.05, 0.1) is 11.7 Å². The van der Waals surface area contributed by atoms with Crippen LogP contribution < -0.4 is 0 Å². The van der Waals surface area contributed by atoms with E-state index >= 15 is 0 Å². The topological polar surface area (TPSA) is 38.1 Å². The number of amides is 1. The number of aryl methyl sites for hydroxylation is 1. The zero-order valence-electron chi connectivity index (χ0n) is 14.6. The number of aromatic nitrogens is 2. The number of nitrogens with zero attached hydrogens (tertiary/aromatic N) is 3. The van der Waals surface area contributed by atoms with Crippen molar-refractivity contribution in [3.8, 4) is 5.69 Å². The van der Waals surface area contributed by atoms with Crippen LogP contribution >= 0.6 is 0 Å². The van der Waals surface area contributed by atoms with Crippen molar-refractivity contribution >= 4 is 5.91 Å². The molecule has 5 heteroatoms. The van der Waals surface area contributed by atoms with Crippen LogP contribution in [-0.2, 0) is 0 Å². The van der Waals surface area contributed by atoms with Gasteiger partial charge in [-0.3, -0.25) is 4.79 Å². The second-order valence-electron chi connectivity index (χ2n) is 6.64. The summed E-state index contributed by atoms with van der Waals surface area (Å²) < 4.78 is 15.0. The molecule has 1 aliphatic heterocycles. The summed E-state index contributed by atoms with van der Waals surface area (Å²) in [6, 6.07) is 15.9. The van der Waals surface area contributed by atoms with Crippen LogP contribution in [0, 0.1) is 12.7 Å². The number of rotatable bonds is 3. The third-order valence-electron chi connectivity index (χ3n) is 4.96. The van der Waals surface area contributed by atoms with E-state index in [4.69, 9.17) is 0 Å². The average molecular weight is 349 g/mol. The fourth-order valence-electron chi connectivity index (χ4n) is 3.59. The van der Waals surface area contributed by atoms with Gasteiger partial charge < -0.3 is 4.90 Å². The van der Waals surface area contributed by atoms with Crippen LogP contribution in [0.4, 0.5) is 4.39 Å². The summed E-state index contributed by atoms with van der Waals surface area (Å²) in [5.41, 5.74) is 3.62. The molecule has 4 rings (SSSR count). The molecule has 0 bridgehead atoms. The van der Waals surface area contributed by atoms with Gasteiger partial charge in [0.2, 0.25) is 0 Å². The number of benzene rings is 2. The molecule has 1 atom stereocenters. The molecule has 0 aliphatic carbocycles. The lowest BCUT2D eigenvalue weighted by Gasteiger charge is -2.25. The molecule has 1 saturated heterocycles. The first-order chi connectivity index (χ1) is 12.6. The maximum atomic E-state index is 13.2. The number of carbonyl (C=O) groups excluding carboxylic acids is 1. The number of halogens is 1. The lowest BCUT2D eigenvalue weighted by molar-refractivity contribution is 0.0735. The predicted octanol–water partition coefficient (Wildman–Crippen LogP) is 4.30. The highest BCUT2D eigenvalue weighted by molar-refractivity contribution is 5.94. The van der Waals surface area contributed by atoms with Crippen molar-refractivity contribution in [3.05, 3.63) is 83.4 Å². The third-order valence-corrected chi connectivity index (χ3v) is 4.96. The first-order valence-electron chi connectivity index (χ1n) is 8.81.